The van der Waals surface area contributed by atoms with Crippen molar-refractivity contribution in [3.63, 3.8) is 0 Å². The Morgan fingerprint density at radius 3 is 2.74 bits per heavy atom. The largest absolute Gasteiger partial charge is 0.312 e. The summed E-state index contributed by atoms with van der Waals surface area (Å²) in [6.45, 7) is 2.41. The van der Waals surface area contributed by atoms with Gasteiger partial charge in [-0.3, -0.25) is 4.79 Å². The van der Waals surface area contributed by atoms with E-state index in [0.717, 1.165) is 36.2 Å². The Balaban J connectivity index is 1.54. The first kappa shape index (κ1) is 16.2. The zero-order chi connectivity index (χ0) is 16.2. The molecule has 0 radical (unpaired) electrons. The zero-order valence-corrected chi connectivity index (χ0v) is 14.9. The molecule has 0 aliphatic carbocycles. The summed E-state index contributed by atoms with van der Waals surface area (Å²) in [7, 11) is 2.06. The second-order valence-corrected chi connectivity index (χ2v) is 6.86. The molecule has 0 saturated heterocycles. The Morgan fingerprint density at radius 2 is 1.91 bits per heavy atom. The lowest BCUT2D eigenvalue weighted by molar-refractivity contribution is -0.118. The zero-order valence-electron chi connectivity index (χ0n) is 13.3. The normalized spacial score (nSPS) is 13.4. The molecule has 0 bridgehead atoms. The molecule has 1 aliphatic rings. The average molecular weight is 373 g/mol. The molecule has 3 nitrogen and oxygen atoms in total. The van der Waals surface area contributed by atoms with Crippen LogP contribution in [-0.4, -0.2) is 30.9 Å². The van der Waals surface area contributed by atoms with E-state index >= 15 is 0 Å². The van der Waals surface area contributed by atoms with Crippen molar-refractivity contribution in [1.29, 1.82) is 0 Å². The molecule has 1 heterocycles. The lowest BCUT2D eigenvalue weighted by atomic mass is 10.2. The molecule has 1 aliphatic heterocycles. The minimum Gasteiger partial charge on any atom is -0.312 e. The van der Waals surface area contributed by atoms with Crippen LogP contribution in [0.5, 0.6) is 0 Å². The Labute approximate surface area is 146 Å². The summed E-state index contributed by atoms with van der Waals surface area (Å²) < 4.78 is 1.12. The molecule has 0 aromatic heterocycles. The molecule has 0 N–H and O–H groups in total. The summed E-state index contributed by atoms with van der Waals surface area (Å²) in [5.41, 5.74) is 3.61. The van der Waals surface area contributed by atoms with E-state index in [1.165, 1.54) is 11.1 Å². The quantitative estimate of drug-likeness (QED) is 0.795. The van der Waals surface area contributed by atoms with Gasteiger partial charge in [0, 0.05) is 36.2 Å². The highest BCUT2D eigenvalue weighted by molar-refractivity contribution is 9.10. The summed E-state index contributed by atoms with van der Waals surface area (Å²) in [6.07, 6.45) is 1.52. The number of anilines is 1. The molecule has 0 spiro atoms. The number of hydrogen-bond donors (Lipinski definition) is 0. The van der Waals surface area contributed by atoms with Crippen LogP contribution in [0.25, 0.3) is 0 Å². The first-order valence-corrected chi connectivity index (χ1v) is 8.74. The van der Waals surface area contributed by atoms with Crippen molar-refractivity contribution in [2.24, 2.45) is 0 Å². The van der Waals surface area contributed by atoms with E-state index in [0.29, 0.717) is 6.42 Å². The maximum atomic E-state index is 12.5. The molecule has 2 aromatic rings. The third kappa shape index (κ3) is 3.82. The minimum absolute atomic E-state index is 0.217. The fourth-order valence-corrected chi connectivity index (χ4v) is 3.43. The lowest BCUT2D eigenvalue weighted by Gasteiger charge is -2.21. The molecule has 3 rings (SSSR count). The Bertz CT molecular complexity index is 701. The van der Waals surface area contributed by atoms with E-state index in [1.54, 1.807) is 0 Å². The monoisotopic (exact) mass is 372 g/mol. The molecule has 0 atom stereocenters. The smallest absolute Gasteiger partial charge is 0.228 e. The topological polar surface area (TPSA) is 23.6 Å². The van der Waals surface area contributed by atoms with E-state index < -0.39 is 0 Å². The molecule has 2 aromatic carbocycles. The number of para-hydroxylation sites is 1. The number of rotatable bonds is 5. The molecule has 23 heavy (non-hydrogen) atoms. The van der Waals surface area contributed by atoms with Gasteiger partial charge >= 0.3 is 0 Å². The number of nitrogens with zero attached hydrogens (tertiary/aromatic N) is 2. The third-order valence-electron chi connectivity index (χ3n) is 4.29. The lowest BCUT2D eigenvalue weighted by Crippen LogP contribution is -2.32. The van der Waals surface area contributed by atoms with Crippen LogP contribution in [0.4, 0.5) is 5.69 Å². The molecule has 0 unspecified atom stereocenters. The van der Waals surface area contributed by atoms with Crippen LogP contribution < -0.4 is 4.90 Å². The van der Waals surface area contributed by atoms with Gasteiger partial charge in [-0.1, -0.05) is 52.3 Å². The SMILES string of the molecule is CN(CCC(=O)N1CCc2ccccc21)Cc1ccccc1Br. The van der Waals surface area contributed by atoms with Crippen LogP contribution in [0.1, 0.15) is 17.5 Å². The highest BCUT2D eigenvalue weighted by Crippen LogP contribution is 2.27. The van der Waals surface area contributed by atoms with E-state index in [-0.39, 0.29) is 5.91 Å². The number of hydrogen-bond acceptors (Lipinski definition) is 2. The number of amides is 1. The van der Waals surface area contributed by atoms with Crippen molar-refractivity contribution in [2.45, 2.75) is 19.4 Å². The van der Waals surface area contributed by atoms with Gasteiger partial charge in [-0.05, 0) is 36.7 Å². The first-order valence-electron chi connectivity index (χ1n) is 7.95. The Hall–Kier alpha value is -1.65. The maximum Gasteiger partial charge on any atom is 0.228 e. The molecule has 1 amide bonds. The standard InChI is InChI=1S/C19H21BrN2O/c1-21(14-16-7-2-4-8-17(16)20)12-11-19(23)22-13-10-15-6-3-5-9-18(15)22/h2-9H,10-14H2,1H3. The minimum atomic E-state index is 0.217. The highest BCUT2D eigenvalue weighted by atomic mass is 79.9. The van der Waals surface area contributed by atoms with Gasteiger partial charge in [0.05, 0.1) is 0 Å². The number of benzene rings is 2. The van der Waals surface area contributed by atoms with Gasteiger partial charge in [0.25, 0.3) is 0 Å². The van der Waals surface area contributed by atoms with Crippen molar-refractivity contribution in [2.75, 3.05) is 25.0 Å². The number of halogens is 1. The van der Waals surface area contributed by atoms with Crippen LogP contribution in [0.15, 0.2) is 53.0 Å². The summed E-state index contributed by atoms with van der Waals surface area (Å²) >= 11 is 3.57. The van der Waals surface area contributed by atoms with Gasteiger partial charge in [-0.25, -0.2) is 0 Å². The second-order valence-electron chi connectivity index (χ2n) is 6.00. The molecule has 120 valence electrons. The fraction of sp³-hybridized carbons (Fsp3) is 0.316. The summed E-state index contributed by atoms with van der Waals surface area (Å²) in [5.74, 6) is 0.217. The predicted octanol–water partition coefficient (Wildman–Crippen LogP) is 3.86. The van der Waals surface area contributed by atoms with E-state index in [2.05, 4.69) is 46.1 Å². The van der Waals surface area contributed by atoms with Crippen molar-refractivity contribution in [3.8, 4) is 0 Å². The number of carbonyl (C=O) groups excluding carboxylic acids is 1. The number of carbonyl (C=O) groups is 1. The summed E-state index contributed by atoms with van der Waals surface area (Å²) in [4.78, 5) is 16.6. The van der Waals surface area contributed by atoms with Crippen molar-refractivity contribution < 1.29 is 4.79 Å². The molecular formula is C19H21BrN2O. The molecule has 0 saturated carbocycles. The van der Waals surface area contributed by atoms with Crippen molar-refractivity contribution >= 4 is 27.5 Å². The Morgan fingerprint density at radius 1 is 1.17 bits per heavy atom. The van der Waals surface area contributed by atoms with Crippen molar-refractivity contribution in [3.05, 3.63) is 64.1 Å². The van der Waals surface area contributed by atoms with Gasteiger partial charge in [-0.2, -0.15) is 0 Å². The van der Waals surface area contributed by atoms with Crippen LogP contribution in [0.3, 0.4) is 0 Å². The van der Waals surface area contributed by atoms with Crippen LogP contribution >= 0.6 is 15.9 Å². The fourth-order valence-electron chi connectivity index (χ4n) is 3.02. The summed E-state index contributed by atoms with van der Waals surface area (Å²) in [6, 6.07) is 16.4. The highest BCUT2D eigenvalue weighted by Gasteiger charge is 2.23. The van der Waals surface area contributed by atoms with Crippen LogP contribution in [0, 0.1) is 0 Å². The molecule has 4 heteroatoms. The number of fused-ring (bicyclic) bond motifs is 1. The van der Waals surface area contributed by atoms with E-state index in [4.69, 9.17) is 0 Å². The van der Waals surface area contributed by atoms with Crippen molar-refractivity contribution in [1.82, 2.24) is 4.90 Å². The maximum absolute atomic E-state index is 12.5. The van der Waals surface area contributed by atoms with Gasteiger partial charge in [0.1, 0.15) is 0 Å². The molecule has 0 fully saturated rings. The van der Waals surface area contributed by atoms with Gasteiger partial charge in [0.2, 0.25) is 5.91 Å². The van der Waals surface area contributed by atoms with E-state index in [9.17, 15) is 4.79 Å². The Kier molecular flexibility index (Phi) is 5.13. The van der Waals surface area contributed by atoms with Gasteiger partial charge in [-0.15, -0.1) is 0 Å². The van der Waals surface area contributed by atoms with E-state index in [1.807, 2.05) is 35.2 Å². The second kappa shape index (κ2) is 7.28. The third-order valence-corrected chi connectivity index (χ3v) is 5.07. The van der Waals surface area contributed by atoms with Crippen LogP contribution in [-0.2, 0) is 17.8 Å². The molecular weight excluding hydrogens is 352 g/mol. The first-order chi connectivity index (χ1) is 11.1. The van der Waals surface area contributed by atoms with Crippen LogP contribution in [0.2, 0.25) is 0 Å². The predicted molar refractivity (Wildman–Crippen MR) is 97.6 cm³/mol. The average Bonchev–Trinajstić information content (AvgIpc) is 2.99. The summed E-state index contributed by atoms with van der Waals surface area (Å²) in [5, 5.41) is 0. The van der Waals surface area contributed by atoms with Gasteiger partial charge < -0.3 is 9.80 Å². The van der Waals surface area contributed by atoms with Gasteiger partial charge in [0.15, 0.2) is 0 Å².